The third-order valence-electron chi connectivity index (χ3n) is 4.62. The van der Waals surface area contributed by atoms with Crippen molar-refractivity contribution >= 4 is 45.2 Å². The molecule has 6 nitrogen and oxygen atoms in total. The molecule has 0 N–H and O–H groups in total. The molecule has 1 heterocycles. The van der Waals surface area contributed by atoms with E-state index in [9.17, 15) is 13.2 Å². The van der Waals surface area contributed by atoms with Crippen molar-refractivity contribution in [1.82, 2.24) is 9.21 Å². The van der Waals surface area contributed by atoms with E-state index < -0.39 is 10.0 Å². The van der Waals surface area contributed by atoms with Gasteiger partial charge in [-0.3, -0.25) is 4.79 Å². The van der Waals surface area contributed by atoms with Crippen LogP contribution in [-0.2, 0) is 14.8 Å². The van der Waals surface area contributed by atoms with Crippen molar-refractivity contribution in [3.05, 3.63) is 64.1 Å². The molecule has 1 amide bonds. The minimum absolute atomic E-state index is 0.0859. The Morgan fingerprint density at radius 3 is 2.38 bits per heavy atom. The maximum Gasteiger partial charge on any atom is 0.246 e. The van der Waals surface area contributed by atoms with Crippen LogP contribution in [0.4, 0.5) is 0 Å². The Labute approximate surface area is 180 Å². The number of para-hydroxylation sites is 1. The molecule has 2 aromatic carbocycles. The van der Waals surface area contributed by atoms with E-state index in [1.165, 1.54) is 28.6 Å². The van der Waals surface area contributed by atoms with Crippen molar-refractivity contribution in [3.63, 3.8) is 0 Å². The molecule has 0 aliphatic carbocycles. The number of methoxy groups -OCH3 is 1. The second-order valence-corrected chi connectivity index (χ2v) is 9.13. The van der Waals surface area contributed by atoms with Gasteiger partial charge in [-0.25, -0.2) is 8.42 Å². The summed E-state index contributed by atoms with van der Waals surface area (Å²) in [6.07, 6.45) is 3.17. The lowest BCUT2D eigenvalue weighted by Crippen LogP contribution is -2.50. The Hall–Kier alpha value is -2.06. The zero-order valence-electron chi connectivity index (χ0n) is 15.7. The van der Waals surface area contributed by atoms with Gasteiger partial charge >= 0.3 is 0 Å². The highest BCUT2D eigenvalue weighted by atomic mass is 35.5. The lowest BCUT2D eigenvalue weighted by Gasteiger charge is -2.33. The summed E-state index contributed by atoms with van der Waals surface area (Å²) in [4.78, 5) is 14.2. The van der Waals surface area contributed by atoms with Crippen LogP contribution in [0.3, 0.4) is 0 Å². The van der Waals surface area contributed by atoms with Gasteiger partial charge in [0.05, 0.1) is 22.1 Å². The molecule has 1 saturated heterocycles. The first kappa shape index (κ1) is 21.6. The van der Waals surface area contributed by atoms with E-state index in [1.54, 1.807) is 18.1 Å². The second-order valence-electron chi connectivity index (χ2n) is 6.38. The number of hydrogen-bond donors (Lipinski definition) is 0. The average molecular weight is 455 g/mol. The zero-order chi connectivity index (χ0) is 21.0. The van der Waals surface area contributed by atoms with E-state index in [0.717, 1.165) is 5.56 Å². The molecule has 1 aliphatic heterocycles. The van der Waals surface area contributed by atoms with Gasteiger partial charge in [-0.1, -0.05) is 41.4 Å². The molecular weight excluding hydrogens is 435 g/mol. The van der Waals surface area contributed by atoms with Gasteiger partial charge < -0.3 is 9.64 Å². The first-order valence-corrected chi connectivity index (χ1v) is 11.1. The highest BCUT2D eigenvalue weighted by molar-refractivity contribution is 7.89. The first-order chi connectivity index (χ1) is 13.8. The van der Waals surface area contributed by atoms with Crippen LogP contribution in [0.25, 0.3) is 6.08 Å². The molecule has 0 saturated carbocycles. The number of ether oxygens (including phenoxy) is 1. The van der Waals surface area contributed by atoms with Crippen molar-refractivity contribution in [1.29, 1.82) is 0 Å². The van der Waals surface area contributed by atoms with Gasteiger partial charge in [0.2, 0.25) is 15.9 Å². The van der Waals surface area contributed by atoms with Crippen molar-refractivity contribution in [2.24, 2.45) is 0 Å². The third-order valence-corrected chi connectivity index (χ3v) is 7.26. The Morgan fingerprint density at radius 2 is 1.72 bits per heavy atom. The monoisotopic (exact) mass is 454 g/mol. The summed E-state index contributed by atoms with van der Waals surface area (Å²) in [7, 11) is -2.13. The van der Waals surface area contributed by atoms with E-state index in [1.807, 2.05) is 24.3 Å². The van der Waals surface area contributed by atoms with E-state index in [-0.39, 0.29) is 28.9 Å². The fourth-order valence-corrected chi connectivity index (χ4v) is 4.82. The van der Waals surface area contributed by atoms with Crippen molar-refractivity contribution in [2.45, 2.75) is 4.90 Å². The molecule has 9 heteroatoms. The van der Waals surface area contributed by atoms with Gasteiger partial charge in [0.25, 0.3) is 0 Å². The maximum atomic E-state index is 12.8. The molecule has 29 heavy (non-hydrogen) atoms. The topological polar surface area (TPSA) is 66.9 Å². The highest BCUT2D eigenvalue weighted by Gasteiger charge is 2.30. The van der Waals surface area contributed by atoms with Gasteiger partial charge in [0, 0.05) is 37.8 Å². The summed E-state index contributed by atoms with van der Waals surface area (Å²) in [6, 6.07) is 11.6. The molecule has 2 aromatic rings. The van der Waals surface area contributed by atoms with E-state index in [4.69, 9.17) is 27.9 Å². The molecule has 0 spiro atoms. The molecule has 3 rings (SSSR count). The molecule has 0 radical (unpaired) electrons. The minimum Gasteiger partial charge on any atom is -0.496 e. The molecular formula is C20H20Cl2N2O4S. The minimum atomic E-state index is -3.70. The number of amides is 1. The highest BCUT2D eigenvalue weighted by Crippen LogP contribution is 2.27. The Morgan fingerprint density at radius 1 is 1.03 bits per heavy atom. The smallest absolute Gasteiger partial charge is 0.246 e. The molecule has 0 bridgehead atoms. The van der Waals surface area contributed by atoms with E-state index in [2.05, 4.69) is 0 Å². The summed E-state index contributed by atoms with van der Waals surface area (Å²) in [5, 5.41) is 0.478. The number of piperazine rings is 1. The number of nitrogens with zero attached hydrogens (tertiary/aromatic N) is 2. The quantitative estimate of drug-likeness (QED) is 0.647. The van der Waals surface area contributed by atoms with Crippen LogP contribution in [0.2, 0.25) is 10.0 Å². The third kappa shape index (κ3) is 4.93. The summed E-state index contributed by atoms with van der Waals surface area (Å²) in [6.45, 7) is 1.01. The van der Waals surface area contributed by atoms with Crippen molar-refractivity contribution < 1.29 is 17.9 Å². The largest absolute Gasteiger partial charge is 0.496 e. The molecule has 0 atom stereocenters. The Kier molecular flexibility index (Phi) is 6.85. The van der Waals surface area contributed by atoms with E-state index >= 15 is 0 Å². The van der Waals surface area contributed by atoms with Gasteiger partial charge in [0.1, 0.15) is 5.75 Å². The van der Waals surface area contributed by atoms with Crippen LogP contribution in [-0.4, -0.2) is 56.8 Å². The molecule has 1 aliphatic rings. The molecule has 0 unspecified atom stereocenters. The fraction of sp³-hybridized carbons (Fsp3) is 0.250. The SMILES string of the molecule is COc1ccccc1/C=C/C(=O)N1CCN(S(=O)(=O)c2ccc(Cl)c(Cl)c2)CC1. The molecule has 1 fully saturated rings. The maximum absolute atomic E-state index is 12.8. The van der Waals surface area contributed by atoms with Crippen LogP contribution in [0.15, 0.2) is 53.4 Å². The van der Waals surface area contributed by atoms with Crippen LogP contribution in [0.5, 0.6) is 5.75 Å². The summed E-state index contributed by atoms with van der Waals surface area (Å²) < 4.78 is 32.2. The van der Waals surface area contributed by atoms with Crippen LogP contribution in [0, 0.1) is 0 Å². The van der Waals surface area contributed by atoms with Crippen LogP contribution >= 0.6 is 23.2 Å². The predicted molar refractivity (Wildman–Crippen MR) is 114 cm³/mol. The number of carbonyl (C=O) groups is 1. The number of halogens is 2. The summed E-state index contributed by atoms with van der Waals surface area (Å²) in [5.74, 6) is 0.497. The molecule has 154 valence electrons. The van der Waals surface area contributed by atoms with E-state index in [0.29, 0.717) is 23.9 Å². The van der Waals surface area contributed by atoms with Crippen LogP contribution < -0.4 is 4.74 Å². The number of benzene rings is 2. The van der Waals surface area contributed by atoms with Gasteiger partial charge in [0.15, 0.2) is 0 Å². The van der Waals surface area contributed by atoms with Gasteiger partial charge in [-0.2, -0.15) is 4.31 Å². The number of hydrogen-bond acceptors (Lipinski definition) is 4. The summed E-state index contributed by atoms with van der Waals surface area (Å²) in [5.41, 5.74) is 0.796. The Bertz CT molecular complexity index is 1030. The Balaban J connectivity index is 1.64. The number of rotatable bonds is 5. The number of carbonyl (C=O) groups excluding carboxylic acids is 1. The lowest BCUT2D eigenvalue weighted by atomic mass is 10.2. The lowest BCUT2D eigenvalue weighted by molar-refractivity contribution is -0.127. The van der Waals surface area contributed by atoms with Crippen molar-refractivity contribution in [3.8, 4) is 5.75 Å². The first-order valence-electron chi connectivity index (χ1n) is 8.88. The predicted octanol–water partition coefficient (Wildman–Crippen LogP) is 3.55. The number of sulfonamides is 1. The molecule has 0 aromatic heterocycles. The average Bonchev–Trinajstić information content (AvgIpc) is 2.74. The second kappa shape index (κ2) is 9.17. The normalized spacial score (nSPS) is 15.6. The van der Waals surface area contributed by atoms with Crippen molar-refractivity contribution in [2.75, 3.05) is 33.3 Å². The van der Waals surface area contributed by atoms with Gasteiger partial charge in [-0.15, -0.1) is 0 Å². The van der Waals surface area contributed by atoms with Gasteiger partial charge in [-0.05, 0) is 30.3 Å². The standard InChI is InChI=1S/C20H20Cl2N2O4S/c1-28-19-5-3-2-4-15(19)6-9-20(25)23-10-12-24(13-11-23)29(26,27)16-7-8-17(21)18(22)14-16/h2-9,14H,10-13H2,1H3/b9-6+. The van der Waals surface area contributed by atoms with Crippen LogP contribution in [0.1, 0.15) is 5.56 Å². The summed E-state index contributed by atoms with van der Waals surface area (Å²) >= 11 is 11.8. The fourth-order valence-electron chi connectivity index (χ4n) is 3.01. The zero-order valence-corrected chi connectivity index (χ0v) is 18.0.